The summed E-state index contributed by atoms with van der Waals surface area (Å²) in [6.07, 6.45) is 2.44. The van der Waals surface area contributed by atoms with Crippen molar-refractivity contribution in [2.75, 3.05) is 13.2 Å². The average molecular weight is 326 g/mol. The summed E-state index contributed by atoms with van der Waals surface area (Å²) in [5.41, 5.74) is 3.00. The molecule has 0 atom stereocenters. The van der Waals surface area contributed by atoms with Gasteiger partial charge in [-0.15, -0.1) is 0 Å². The topological polar surface area (TPSA) is 66.6 Å². The second-order valence-corrected chi connectivity index (χ2v) is 5.29. The van der Waals surface area contributed by atoms with Crippen LogP contribution in [-0.2, 0) is 0 Å². The number of hydrogen-bond donors (Lipinski definition) is 2. The number of rotatable bonds is 4. The number of nitrogens with zero attached hydrogens (tertiary/aromatic N) is 2. The Kier molecular flexibility index (Phi) is 4.21. The molecule has 2 rings (SSSR count). The molecular formula is C13H16BrN3O2. The van der Waals surface area contributed by atoms with Crippen LogP contribution in [0.5, 0.6) is 0 Å². The van der Waals surface area contributed by atoms with E-state index in [4.69, 9.17) is 5.11 Å². The zero-order chi connectivity index (χ0) is 14.0. The zero-order valence-corrected chi connectivity index (χ0v) is 12.5. The van der Waals surface area contributed by atoms with Crippen LogP contribution in [0.4, 0.5) is 0 Å². The van der Waals surface area contributed by atoms with Crippen molar-refractivity contribution in [1.82, 2.24) is 14.7 Å². The third kappa shape index (κ3) is 2.79. The standard InChI is InChI=1S/C13H16BrN3O2/c1-8-6-10(14)12-16-9(2)11(17(12)7-8)13(19)15-4-3-5-18/h6-7,18H,3-5H2,1-2H3,(H,15,19). The average Bonchev–Trinajstić information content (AvgIpc) is 2.66. The number of aromatic nitrogens is 2. The summed E-state index contributed by atoms with van der Waals surface area (Å²) < 4.78 is 2.66. The highest BCUT2D eigenvalue weighted by atomic mass is 79.9. The molecular weight excluding hydrogens is 310 g/mol. The number of aryl methyl sites for hydroxylation is 2. The predicted molar refractivity (Wildman–Crippen MR) is 76.4 cm³/mol. The van der Waals surface area contributed by atoms with Crippen LogP contribution in [0.2, 0.25) is 0 Å². The van der Waals surface area contributed by atoms with Gasteiger partial charge in [0.05, 0.1) is 10.2 Å². The molecule has 0 aromatic carbocycles. The summed E-state index contributed by atoms with van der Waals surface area (Å²) in [6, 6.07) is 1.97. The molecule has 0 unspecified atom stereocenters. The van der Waals surface area contributed by atoms with E-state index in [2.05, 4.69) is 26.2 Å². The first-order valence-corrected chi connectivity index (χ1v) is 6.87. The van der Waals surface area contributed by atoms with Crippen LogP contribution in [0.25, 0.3) is 5.65 Å². The number of nitrogens with one attached hydrogen (secondary N) is 1. The molecule has 0 saturated heterocycles. The Labute approximate surface area is 119 Å². The van der Waals surface area contributed by atoms with E-state index in [0.29, 0.717) is 24.4 Å². The molecule has 0 aliphatic rings. The Morgan fingerprint density at radius 3 is 2.95 bits per heavy atom. The van der Waals surface area contributed by atoms with E-state index in [1.807, 2.05) is 26.1 Å². The smallest absolute Gasteiger partial charge is 0.270 e. The first-order valence-electron chi connectivity index (χ1n) is 6.08. The Morgan fingerprint density at radius 2 is 2.26 bits per heavy atom. The fraction of sp³-hybridized carbons (Fsp3) is 0.385. The second-order valence-electron chi connectivity index (χ2n) is 4.44. The lowest BCUT2D eigenvalue weighted by atomic mass is 10.3. The van der Waals surface area contributed by atoms with E-state index < -0.39 is 0 Å². The quantitative estimate of drug-likeness (QED) is 0.843. The molecule has 2 N–H and O–H groups in total. The van der Waals surface area contributed by atoms with Gasteiger partial charge in [0.15, 0.2) is 5.65 Å². The minimum absolute atomic E-state index is 0.0665. The molecule has 102 valence electrons. The summed E-state index contributed by atoms with van der Waals surface area (Å²) >= 11 is 3.46. The summed E-state index contributed by atoms with van der Waals surface area (Å²) in [5.74, 6) is -0.170. The molecule has 0 saturated carbocycles. The maximum atomic E-state index is 12.2. The van der Waals surface area contributed by atoms with Gasteiger partial charge in [-0.05, 0) is 47.8 Å². The highest BCUT2D eigenvalue weighted by Gasteiger charge is 2.17. The minimum atomic E-state index is -0.170. The molecule has 2 aromatic rings. The molecule has 0 fully saturated rings. The molecule has 2 aromatic heterocycles. The number of hydrogen-bond acceptors (Lipinski definition) is 3. The van der Waals surface area contributed by atoms with E-state index in [-0.39, 0.29) is 12.5 Å². The van der Waals surface area contributed by atoms with Crippen LogP contribution in [0.1, 0.15) is 28.2 Å². The monoisotopic (exact) mass is 325 g/mol. The van der Waals surface area contributed by atoms with Crippen LogP contribution >= 0.6 is 15.9 Å². The third-order valence-corrected chi connectivity index (χ3v) is 3.41. The maximum Gasteiger partial charge on any atom is 0.270 e. The van der Waals surface area contributed by atoms with Gasteiger partial charge in [0.25, 0.3) is 5.91 Å². The number of imidazole rings is 1. The third-order valence-electron chi connectivity index (χ3n) is 2.82. The minimum Gasteiger partial charge on any atom is -0.396 e. The van der Waals surface area contributed by atoms with Gasteiger partial charge in [-0.3, -0.25) is 9.20 Å². The van der Waals surface area contributed by atoms with Gasteiger partial charge in [-0.1, -0.05) is 0 Å². The Balaban J connectivity index is 2.42. The molecule has 1 amide bonds. The van der Waals surface area contributed by atoms with Gasteiger partial charge in [0.1, 0.15) is 5.69 Å². The van der Waals surface area contributed by atoms with E-state index >= 15 is 0 Å². The van der Waals surface area contributed by atoms with Gasteiger partial charge < -0.3 is 10.4 Å². The van der Waals surface area contributed by atoms with E-state index in [1.165, 1.54) is 0 Å². The van der Waals surface area contributed by atoms with Gasteiger partial charge in [-0.25, -0.2) is 4.98 Å². The highest BCUT2D eigenvalue weighted by molar-refractivity contribution is 9.10. The molecule has 0 bridgehead atoms. The van der Waals surface area contributed by atoms with Crippen molar-refractivity contribution in [3.05, 3.63) is 33.7 Å². The van der Waals surface area contributed by atoms with Gasteiger partial charge in [0, 0.05) is 19.3 Å². The number of pyridine rings is 1. The molecule has 0 spiro atoms. The summed E-state index contributed by atoms with van der Waals surface area (Å²) in [5, 5.41) is 11.5. The van der Waals surface area contributed by atoms with Crippen molar-refractivity contribution < 1.29 is 9.90 Å². The fourth-order valence-electron chi connectivity index (χ4n) is 1.98. The molecule has 0 aliphatic heterocycles. The van der Waals surface area contributed by atoms with E-state index in [9.17, 15) is 4.79 Å². The van der Waals surface area contributed by atoms with Crippen LogP contribution < -0.4 is 5.32 Å². The second kappa shape index (κ2) is 5.71. The molecule has 0 aliphatic carbocycles. The largest absolute Gasteiger partial charge is 0.396 e. The van der Waals surface area contributed by atoms with Crippen LogP contribution in [0.15, 0.2) is 16.7 Å². The normalized spacial score (nSPS) is 10.9. The van der Waals surface area contributed by atoms with Gasteiger partial charge in [-0.2, -0.15) is 0 Å². The first kappa shape index (κ1) is 14.0. The maximum absolute atomic E-state index is 12.2. The van der Waals surface area contributed by atoms with Crippen molar-refractivity contribution in [1.29, 1.82) is 0 Å². The number of carbonyl (C=O) groups excluding carboxylic acids is 1. The van der Waals surface area contributed by atoms with Crippen molar-refractivity contribution >= 4 is 27.5 Å². The first-order chi connectivity index (χ1) is 9.04. The zero-order valence-electron chi connectivity index (χ0n) is 10.9. The lowest BCUT2D eigenvalue weighted by molar-refractivity contribution is 0.0944. The SMILES string of the molecule is Cc1cc(Br)c2nc(C)c(C(=O)NCCCO)n2c1. The van der Waals surface area contributed by atoms with Gasteiger partial charge in [0.2, 0.25) is 0 Å². The number of aliphatic hydroxyl groups excluding tert-OH is 1. The van der Waals surface area contributed by atoms with Crippen LogP contribution in [0.3, 0.4) is 0 Å². The van der Waals surface area contributed by atoms with E-state index in [1.54, 1.807) is 4.40 Å². The Hall–Kier alpha value is -1.40. The number of fused-ring (bicyclic) bond motifs is 1. The number of aliphatic hydroxyl groups is 1. The summed E-state index contributed by atoms with van der Waals surface area (Å²) in [6.45, 7) is 4.30. The number of amides is 1. The van der Waals surface area contributed by atoms with Crippen LogP contribution in [0, 0.1) is 13.8 Å². The summed E-state index contributed by atoms with van der Waals surface area (Å²) in [4.78, 5) is 16.6. The fourth-order valence-corrected chi connectivity index (χ4v) is 2.62. The van der Waals surface area contributed by atoms with Gasteiger partial charge >= 0.3 is 0 Å². The number of halogens is 1. The van der Waals surface area contributed by atoms with E-state index in [0.717, 1.165) is 15.7 Å². The molecule has 0 radical (unpaired) electrons. The molecule has 6 heteroatoms. The van der Waals surface area contributed by atoms with Crippen molar-refractivity contribution in [2.45, 2.75) is 20.3 Å². The van der Waals surface area contributed by atoms with Crippen molar-refractivity contribution in [3.63, 3.8) is 0 Å². The molecule has 2 heterocycles. The Morgan fingerprint density at radius 1 is 1.53 bits per heavy atom. The van der Waals surface area contributed by atoms with Crippen molar-refractivity contribution in [3.8, 4) is 0 Å². The lowest BCUT2D eigenvalue weighted by Crippen LogP contribution is -2.27. The van der Waals surface area contributed by atoms with Crippen LogP contribution in [-0.4, -0.2) is 33.6 Å². The predicted octanol–water partition coefficient (Wildman–Crippen LogP) is 1.83. The lowest BCUT2D eigenvalue weighted by Gasteiger charge is -2.06. The number of carbonyl (C=O) groups is 1. The summed E-state index contributed by atoms with van der Waals surface area (Å²) in [7, 11) is 0. The molecule has 19 heavy (non-hydrogen) atoms. The molecule has 5 nitrogen and oxygen atoms in total. The highest BCUT2D eigenvalue weighted by Crippen LogP contribution is 2.22. The van der Waals surface area contributed by atoms with Crippen molar-refractivity contribution in [2.24, 2.45) is 0 Å². The Bertz CT molecular complexity index is 622.